The first kappa shape index (κ1) is 12.1. The van der Waals surface area contributed by atoms with Crippen molar-refractivity contribution in [2.75, 3.05) is 0 Å². The summed E-state index contributed by atoms with van der Waals surface area (Å²) in [5.74, 6) is 0.440. The molecular weight excluding hydrogens is 184 g/mol. The van der Waals surface area contributed by atoms with Crippen LogP contribution in [0.15, 0.2) is 18.2 Å². The molecule has 0 aliphatic rings. The lowest BCUT2D eigenvalue weighted by Crippen LogP contribution is -1.89. The van der Waals surface area contributed by atoms with Crippen LogP contribution in [0.5, 0.6) is 5.75 Å². The summed E-state index contributed by atoms with van der Waals surface area (Å²) in [6.07, 6.45) is 7.26. The second kappa shape index (κ2) is 6.49. The highest BCUT2D eigenvalue weighted by Crippen LogP contribution is 2.20. The smallest absolute Gasteiger partial charge is 0.118 e. The van der Waals surface area contributed by atoms with Crippen molar-refractivity contribution in [3.05, 3.63) is 29.3 Å². The van der Waals surface area contributed by atoms with E-state index in [-0.39, 0.29) is 0 Å². The highest BCUT2D eigenvalue weighted by atomic mass is 16.3. The van der Waals surface area contributed by atoms with Gasteiger partial charge >= 0.3 is 0 Å². The molecular formula is C14H22O. The Bertz CT molecular complexity index is 291. The number of benzene rings is 1. The number of phenolic OH excluding ortho intramolecular Hbond substituents is 1. The molecule has 0 aliphatic heterocycles. The molecule has 1 aromatic rings. The van der Waals surface area contributed by atoms with Gasteiger partial charge in [-0.2, -0.15) is 0 Å². The van der Waals surface area contributed by atoms with Crippen molar-refractivity contribution in [2.45, 2.75) is 52.4 Å². The third-order valence-corrected chi connectivity index (χ3v) is 2.84. The van der Waals surface area contributed by atoms with Gasteiger partial charge in [0.1, 0.15) is 5.75 Å². The topological polar surface area (TPSA) is 20.2 Å². The summed E-state index contributed by atoms with van der Waals surface area (Å²) < 4.78 is 0. The van der Waals surface area contributed by atoms with Crippen LogP contribution in [-0.4, -0.2) is 5.11 Å². The first-order chi connectivity index (χ1) is 7.27. The molecule has 0 radical (unpaired) electrons. The fourth-order valence-corrected chi connectivity index (χ4v) is 1.83. The van der Waals surface area contributed by atoms with Gasteiger partial charge in [0, 0.05) is 0 Å². The molecule has 1 aromatic carbocycles. The highest BCUT2D eigenvalue weighted by molar-refractivity contribution is 5.36. The average Bonchev–Trinajstić information content (AvgIpc) is 2.26. The molecule has 1 N–H and O–H groups in total. The van der Waals surface area contributed by atoms with E-state index in [0.717, 1.165) is 18.4 Å². The zero-order chi connectivity index (χ0) is 11.1. The highest BCUT2D eigenvalue weighted by Gasteiger charge is 2.00. The van der Waals surface area contributed by atoms with E-state index in [0.29, 0.717) is 5.75 Å². The van der Waals surface area contributed by atoms with E-state index >= 15 is 0 Å². The van der Waals surface area contributed by atoms with Crippen molar-refractivity contribution in [2.24, 2.45) is 0 Å². The largest absolute Gasteiger partial charge is 0.508 e. The Hall–Kier alpha value is -0.980. The maximum Gasteiger partial charge on any atom is 0.118 e. The van der Waals surface area contributed by atoms with Gasteiger partial charge in [0.25, 0.3) is 0 Å². The van der Waals surface area contributed by atoms with E-state index in [1.54, 1.807) is 0 Å². The van der Waals surface area contributed by atoms with Crippen molar-refractivity contribution in [3.8, 4) is 5.75 Å². The molecule has 1 rings (SSSR count). The molecule has 0 saturated carbocycles. The minimum Gasteiger partial charge on any atom is -0.508 e. The summed E-state index contributed by atoms with van der Waals surface area (Å²) in [5, 5.41) is 9.54. The van der Waals surface area contributed by atoms with Gasteiger partial charge in [0.05, 0.1) is 0 Å². The Morgan fingerprint density at radius 2 is 1.87 bits per heavy atom. The van der Waals surface area contributed by atoms with E-state index in [2.05, 4.69) is 19.9 Å². The first-order valence-electron chi connectivity index (χ1n) is 6.08. The molecule has 0 unspecified atom stereocenters. The standard InChI is InChI=1S/C14H22O/c1-3-5-6-7-8-12-9-10-14(15)13(4-2)11-12/h9-11,15H,3-8H2,1-2H3. The SMILES string of the molecule is CCCCCCc1ccc(O)c(CC)c1. The molecule has 84 valence electrons. The van der Waals surface area contributed by atoms with Gasteiger partial charge in [-0.3, -0.25) is 0 Å². The molecule has 0 amide bonds. The van der Waals surface area contributed by atoms with Crippen molar-refractivity contribution >= 4 is 0 Å². The van der Waals surface area contributed by atoms with Crippen LogP contribution in [0.3, 0.4) is 0 Å². The van der Waals surface area contributed by atoms with Crippen LogP contribution in [0.25, 0.3) is 0 Å². The molecule has 0 aromatic heterocycles. The summed E-state index contributed by atoms with van der Waals surface area (Å²) in [5.41, 5.74) is 2.43. The van der Waals surface area contributed by atoms with Gasteiger partial charge in [0.2, 0.25) is 0 Å². The quantitative estimate of drug-likeness (QED) is 0.695. The minimum absolute atomic E-state index is 0.440. The Balaban J connectivity index is 2.47. The number of aryl methyl sites for hydroxylation is 2. The Morgan fingerprint density at radius 1 is 1.07 bits per heavy atom. The normalized spacial score (nSPS) is 10.5. The number of unbranched alkanes of at least 4 members (excludes halogenated alkanes) is 3. The second-order valence-corrected chi connectivity index (χ2v) is 4.13. The van der Waals surface area contributed by atoms with Crippen molar-refractivity contribution < 1.29 is 5.11 Å². The Kier molecular flexibility index (Phi) is 5.23. The van der Waals surface area contributed by atoms with Crippen molar-refractivity contribution in [1.29, 1.82) is 0 Å². The van der Waals surface area contributed by atoms with Gasteiger partial charge in [-0.25, -0.2) is 0 Å². The molecule has 0 saturated heterocycles. The van der Waals surface area contributed by atoms with Crippen LogP contribution in [0.2, 0.25) is 0 Å². The number of hydrogen-bond acceptors (Lipinski definition) is 1. The zero-order valence-electron chi connectivity index (χ0n) is 9.92. The lowest BCUT2D eigenvalue weighted by Gasteiger charge is -2.05. The van der Waals surface area contributed by atoms with E-state index in [4.69, 9.17) is 0 Å². The molecule has 0 aliphatic carbocycles. The molecule has 1 nitrogen and oxygen atoms in total. The van der Waals surface area contributed by atoms with E-state index in [9.17, 15) is 5.11 Å². The van der Waals surface area contributed by atoms with E-state index < -0.39 is 0 Å². The fourth-order valence-electron chi connectivity index (χ4n) is 1.83. The first-order valence-corrected chi connectivity index (χ1v) is 6.08. The third kappa shape index (κ3) is 3.94. The van der Waals surface area contributed by atoms with Crippen LogP contribution in [0, 0.1) is 0 Å². The summed E-state index contributed by atoms with van der Waals surface area (Å²) >= 11 is 0. The summed E-state index contributed by atoms with van der Waals surface area (Å²) in [4.78, 5) is 0. The fraction of sp³-hybridized carbons (Fsp3) is 0.571. The number of rotatable bonds is 6. The van der Waals surface area contributed by atoms with Gasteiger partial charge in [-0.15, -0.1) is 0 Å². The number of aromatic hydroxyl groups is 1. The average molecular weight is 206 g/mol. The van der Waals surface area contributed by atoms with Crippen LogP contribution in [0.4, 0.5) is 0 Å². The van der Waals surface area contributed by atoms with Crippen LogP contribution >= 0.6 is 0 Å². The second-order valence-electron chi connectivity index (χ2n) is 4.13. The lowest BCUT2D eigenvalue weighted by molar-refractivity contribution is 0.468. The predicted octanol–water partition coefficient (Wildman–Crippen LogP) is 4.08. The van der Waals surface area contributed by atoms with Gasteiger partial charge < -0.3 is 5.11 Å². The summed E-state index contributed by atoms with van der Waals surface area (Å²) in [6.45, 7) is 4.31. The van der Waals surface area contributed by atoms with Crippen LogP contribution in [-0.2, 0) is 12.8 Å². The van der Waals surface area contributed by atoms with Crippen molar-refractivity contribution in [1.82, 2.24) is 0 Å². The predicted molar refractivity (Wildman–Crippen MR) is 65.3 cm³/mol. The summed E-state index contributed by atoms with van der Waals surface area (Å²) in [6, 6.07) is 6.01. The van der Waals surface area contributed by atoms with Gasteiger partial charge in [-0.05, 0) is 36.5 Å². The van der Waals surface area contributed by atoms with Gasteiger partial charge in [-0.1, -0.05) is 45.2 Å². The number of phenols is 1. The van der Waals surface area contributed by atoms with Gasteiger partial charge in [0.15, 0.2) is 0 Å². The monoisotopic (exact) mass is 206 g/mol. The molecule has 0 bridgehead atoms. The number of hydrogen-bond donors (Lipinski definition) is 1. The van der Waals surface area contributed by atoms with Crippen molar-refractivity contribution in [3.63, 3.8) is 0 Å². The molecule has 0 fully saturated rings. The molecule has 15 heavy (non-hydrogen) atoms. The summed E-state index contributed by atoms with van der Waals surface area (Å²) in [7, 11) is 0. The molecule has 1 heteroatoms. The minimum atomic E-state index is 0.440. The molecule has 0 atom stereocenters. The molecule has 0 heterocycles. The van der Waals surface area contributed by atoms with E-state index in [1.807, 2.05) is 12.1 Å². The third-order valence-electron chi connectivity index (χ3n) is 2.84. The lowest BCUT2D eigenvalue weighted by atomic mass is 10.0. The Labute approximate surface area is 93.1 Å². The van der Waals surface area contributed by atoms with E-state index in [1.165, 1.54) is 31.2 Å². The molecule has 0 spiro atoms. The van der Waals surface area contributed by atoms with Crippen LogP contribution < -0.4 is 0 Å². The Morgan fingerprint density at radius 3 is 2.53 bits per heavy atom. The van der Waals surface area contributed by atoms with Crippen LogP contribution in [0.1, 0.15) is 50.7 Å². The zero-order valence-corrected chi connectivity index (χ0v) is 9.92. The maximum atomic E-state index is 9.54. The maximum absolute atomic E-state index is 9.54.